The Kier molecular flexibility index (Phi) is 7.50. The Morgan fingerprint density at radius 3 is 2.44 bits per heavy atom. The molecule has 102 valence electrons. The molecule has 0 heterocycles. The molecule has 3 heteroatoms. The first kappa shape index (κ1) is 16.2. The molecule has 1 rings (SSSR count). The summed E-state index contributed by atoms with van der Waals surface area (Å²) in [6, 6.07) is 5.04. The summed E-state index contributed by atoms with van der Waals surface area (Å²) in [5.74, 6) is 0. The van der Waals surface area contributed by atoms with Gasteiger partial charge in [-0.3, -0.25) is 0 Å². The molecule has 0 spiro atoms. The van der Waals surface area contributed by atoms with E-state index < -0.39 is 0 Å². The third-order valence-corrected chi connectivity index (χ3v) is 4.60. The minimum absolute atomic E-state index is 0.604. The van der Waals surface area contributed by atoms with Crippen molar-refractivity contribution in [2.24, 2.45) is 0 Å². The Morgan fingerprint density at radius 2 is 1.78 bits per heavy atom. The van der Waals surface area contributed by atoms with Crippen molar-refractivity contribution in [1.82, 2.24) is 5.32 Å². The van der Waals surface area contributed by atoms with Gasteiger partial charge in [0.1, 0.15) is 0 Å². The zero-order valence-corrected chi connectivity index (χ0v) is 14.7. The van der Waals surface area contributed by atoms with Crippen LogP contribution in [0.2, 0.25) is 0 Å². The van der Waals surface area contributed by atoms with E-state index in [9.17, 15) is 0 Å². The predicted octanol–water partition coefficient (Wildman–Crippen LogP) is 5.23. The van der Waals surface area contributed by atoms with Crippen LogP contribution in [0, 0.1) is 6.92 Å². The van der Waals surface area contributed by atoms with Gasteiger partial charge in [-0.05, 0) is 56.0 Å². The van der Waals surface area contributed by atoms with Crippen LogP contribution in [0.5, 0.6) is 0 Å². The van der Waals surface area contributed by atoms with E-state index in [2.05, 4.69) is 70.1 Å². The fraction of sp³-hybridized carbons (Fsp3) is 0.600. The molecule has 0 amide bonds. The van der Waals surface area contributed by atoms with E-state index in [1.54, 1.807) is 0 Å². The molecule has 0 saturated carbocycles. The Labute approximate surface area is 128 Å². The third-order valence-electron chi connectivity index (χ3n) is 3.00. The Hall–Kier alpha value is 0.140. The molecule has 0 aliphatic rings. The van der Waals surface area contributed by atoms with Gasteiger partial charge in [0.05, 0.1) is 0 Å². The summed E-state index contributed by atoms with van der Waals surface area (Å²) in [5, 5.41) is 3.46. The maximum atomic E-state index is 3.65. The quantitative estimate of drug-likeness (QED) is 0.642. The van der Waals surface area contributed by atoms with Crippen LogP contribution in [-0.4, -0.2) is 12.6 Å². The SMILES string of the molecule is Cc1cc(Br)c(CCCCCNC(C)C)cc1Br. The lowest BCUT2D eigenvalue weighted by molar-refractivity contribution is 0.548. The van der Waals surface area contributed by atoms with E-state index in [4.69, 9.17) is 0 Å². The highest BCUT2D eigenvalue weighted by molar-refractivity contribution is 9.11. The number of hydrogen-bond acceptors (Lipinski definition) is 1. The zero-order chi connectivity index (χ0) is 13.5. The van der Waals surface area contributed by atoms with Gasteiger partial charge in [0.25, 0.3) is 0 Å². The molecule has 0 aliphatic heterocycles. The molecular formula is C15H23Br2N. The van der Waals surface area contributed by atoms with Crippen molar-refractivity contribution in [2.45, 2.75) is 52.5 Å². The third kappa shape index (κ3) is 5.85. The maximum absolute atomic E-state index is 3.65. The summed E-state index contributed by atoms with van der Waals surface area (Å²) in [7, 11) is 0. The van der Waals surface area contributed by atoms with Crippen molar-refractivity contribution in [3.8, 4) is 0 Å². The standard InChI is InChI=1S/C15H23Br2N/c1-11(2)18-8-6-4-5-7-13-10-14(16)12(3)9-15(13)17/h9-11,18H,4-8H2,1-3H3. The average molecular weight is 377 g/mol. The number of halogens is 2. The normalized spacial score (nSPS) is 11.2. The minimum Gasteiger partial charge on any atom is -0.315 e. The van der Waals surface area contributed by atoms with Gasteiger partial charge >= 0.3 is 0 Å². The summed E-state index contributed by atoms with van der Waals surface area (Å²) in [4.78, 5) is 0. The summed E-state index contributed by atoms with van der Waals surface area (Å²) in [5.41, 5.74) is 2.69. The molecule has 1 aromatic rings. The number of hydrogen-bond donors (Lipinski definition) is 1. The molecule has 0 aromatic heterocycles. The zero-order valence-electron chi connectivity index (χ0n) is 11.5. The lowest BCUT2D eigenvalue weighted by atomic mass is 10.1. The van der Waals surface area contributed by atoms with Gasteiger partial charge in [-0.2, -0.15) is 0 Å². The second kappa shape index (κ2) is 8.34. The molecule has 18 heavy (non-hydrogen) atoms. The monoisotopic (exact) mass is 375 g/mol. The highest BCUT2D eigenvalue weighted by Gasteiger charge is 2.04. The topological polar surface area (TPSA) is 12.0 Å². The first-order valence-electron chi connectivity index (χ1n) is 6.68. The molecule has 0 radical (unpaired) electrons. The number of nitrogens with one attached hydrogen (secondary N) is 1. The molecule has 0 bridgehead atoms. The van der Waals surface area contributed by atoms with Crippen molar-refractivity contribution >= 4 is 31.9 Å². The first-order valence-corrected chi connectivity index (χ1v) is 8.27. The van der Waals surface area contributed by atoms with Crippen LogP contribution in [0.25, 0.3) is 0 Å². The summed E-state index contributed by atoms with van der Waals surface area (Å²) >= 11 is 7.25. The highest BCUT2D eigenvalue weighted by atomic mass is 79.9. The van der Waals surface area contributed by atoms with E-state index in [1.807, 2.05) is 0 Å². The largest absolute Gasteiger partial charge is 0.315 e. The number of rotatable bonds is 7. The molecule has 1 N–H and O–H groups in total. The van der Waals surface area contributed by atoms with E-state index in [0.29, 0.717) is 6.04 Å². The van der Waals surface area contributed by atoms with Crippen molar-refractivity contribution < 1.29 is 0 Å². The fourth-order valence-electron chi connectivity index (χ4n) is 1.89. The van der Waals surface area contributed by atoms with Gasteiger partial charge in [0.2, 0.25) is 0 Å². The fourth-order valence-corrected chi connectivity index (χ4v) is 2.93. The van der Waals surface area contributed by atoms with Crippen molar-refractivity contribution in [3.05, 3.63) is 32.2 Å². The number of unbranched alkanes of at least 4 members (excludes halogenated alkanes) is 2. The second-order valence-electron chi connectivity index (χ2n) is 5.11. The van der Waals surface area contributed by atoms with Crippen molar-refractivity contribution in [3.63, 3.8) is 0 Å². The summed E-state index contributed by atoms with van der Waals surface area (Å²) in [6.07, 6.45) is 4.97. The van der Waals surface area contributed by atoms with Gasteiger partial charge in [-0.15, -0.1) is 0 Å². The predicted molar refractivity (Wildman–Crippen MR) is 87.3 cm³/mol. The van der Waals surface area contributed by atoms with Crippen LogP contribution in [-0.2, 0) is 6.42 Å². The van der Waals surface area contributed by atoms with Crippen molar-refractivity contribution in [2.75, 3.05) is 6.54 Å². The van der Waals surface area contributed by atoms with Gasteiger partial charge in [0.15, 0.2) is 0 Å². The van der Waals surface area contributed by atoms with Gasteiger partial charge in [0, 0.05) is 15.0 Å². The van der Waals surface area contributed by atoms with Gasteiger partial charge < -0.3 is 5.32 Å². The van der Waals surface area contributed by atoms with Crippen LogP contribution in [0.15, 0.2) is 21.1 Å². The van der Waals surface area contributed by atoms with Crippen LogP contribution >= 0.6 is 31.9 Å². The van der Waals surface area contributed by atoms with E-state index >= 15 is 0 Å². The van der Waals surface area contributed by atoms with Crippen LogP contribution in [0.3, 0.4) is 0 Å². The molecule has 0 unspecified atom stereocenters. The van der Waals surface area contributed by atoms with E-state index in [1.165, 1.54) is 39.3 Å². The molecule has 0 atom stereocenters. The van der Waals surface area contributed by atoms with Gasteiger partial charge in [-0.25, -0.2) is 0 Å². The lowest BCUT2D eigenvalue weighted by Crippen LogP contribution is -2.23. The van der Waals surface area contributed by atoms with Gasteiger partial charge in [-0.1, -0.05) is 52.1 Å². The van der Waals surface area contributed by atoms with Crippen LogP contribution < -0.4 is 5.32 Å². The Balaban J connectivity index is 2.29. The summed E-state index contributed by atoms with van der Waals surface area (Å²) < 4.78 is 2.45. The summed E-state index contributed by atoms with van der Waals surface area (Å²) in [6.45, 7) is 7.65. The average Bonchev–Trinajstić information content (AvgIpc) is 2.29. The molecule has 0 aliphatic carbocycles. The first-order chi connectivity index (χ1) is 8.50. The van der Waals surface area contributed by atoms with Crippen molar-refractivity contribution in [1.29, 1.82) is 0 Å². The second-order valence-corrected chi connectivity index (χ2v) is 6.82. The Morgan fingerprint density at radius 1 is 1.06 bits per heavy atom. The van der Waals surface area contributed by atoms with E-state index in [-0.39, 0.29) is 0 Å². The maximum Gasteiger partial charge on any atom is 0.0210 e. The molecule has 1 aromatic carbocycles. The van der Waals surface area contributed by atoms with Crippen LogP contribution in [0.4, 0.5) is 0 Å². The smallest absolute Gasteiger partial charge is 0.0210 e. The van der Waals surface area contributed by atoms with Crippen LogP contribution in [0.1, 0.15) is 44.2 Å². The lowest BCUT2D eigenvalue weighted by Gasteiger charge is -2.09. The molecular weight excluding hydrogens is 354 g/mol. The Bertz CT molecular complexity index is 375. The minimum atomic E-state index is 0.604. The molecule has 1 nitrogen and oxygen atoms in total. The molecule has 0 fully saturated rings. The number of aryl methyl sites for hydroxylation is 2. The number of benzene rings is 1. The highest BCUT2D eigenvalue weighted by Crippen LogP contribution is 2.26. The molecule has 0 saturated heterocycles. The van der Waals surface area contributed by atoms with E-state index in [0.717, 1.165) is 13.0 Å².